The molecule has 1 aliphatic heterocycles. The van der Waals surface area contributed by atoms with Crippen molar-refractivity contribution < 1.29 is 28.2 Å². The van der Waals surface area contributed by atoms with E-state index in [1.165, 1.54) is 23.1 Å². The first kappa shape index (κ1) is 27.3. The fourth-order valence-corrected chi connectivity index (χ4v) is 5.40. The van der Waals surface area contributed by atoms with E-state index in [9.17, 15) is 19.6 Å². The van der Waals surface area contributed by atoms with E-state index >= 15 is 4.39 Å². The van der Waals surface area contributed by atoms with E-state index in [2.05, 4.69) is 11.2 Å². The van der Waals surface area contributed by atoms with Gasteiger partial charge in [0.2, 0.25) is 0 Å². The van der Waals surface area contributed by atoms with Crippen molar-refractivity contribution in [3.8, 4) is 11.8 Å². The Bertz CT molecular complexity index is 1260. The van der Waals surface area contributed by atoms with Crippen LogP contribution in [0.1, 0.15) is 69.3 Å². The quantitative estimate of drug-likeness (QED) is 0.463. The van der Waals surface area contributed by atoms with Gasteiger partial charge in [0, 0.05) is 18.7 Å². The van der Waals surface area contributed by atoms with Crippen molar-refractivity contribution >= 4 is 17.8 Å². The summed E-state index contributed by atoms with van der Waals surface area (Å²) in [6.07, 6.45) is 4.73. The molecule has 202 valence electrons. The van der Waals surface area contributed by atoms with Gasteiger partial charge in [-0.15, -0.1) is 0 Å². The number of amides is 1. The Morgan fingerprint density at radius 1 is 1.26 bits per heavy atom. The molecular formula is C28H33FN4O5. The summed E-state index contributed by atoms with van der Waals surface area (Å²) < 4.78 is 26.9. The number of carbonyl (C=O) groups excluding carboxylic acids is 3. The molecule has 1 aliphatic carbocycles. The minimum absolute atomic E-state index is 0.0269. The standard InChI is InChI=1S/C28H33FN4O5/c1-5-37-26(35)20-15-31-32(16-20)21-8-6-18(23(29)13-21)10-17(14-30)11-24(34)25-19-7-9-22(12-19)33(25)27(36)38-28(2,3)4/h6,8,13,15-17,19,22,25H,5,7,9-12H2,1-4H3/t17-,19+,22-,25+/m1/s1. The normalized spacial score (nSPS) is 21.2. The van der Waals surface area contributed by atoms with Crippen molar-refractivity contribution in [2.24, 2.45) is 11.8 Å². The number of ether oxygens (including phenoxy) is 2. The molecule has 0 unspecified atom stereocenters. The zero-order valence-corrected chi connectivity index (χ0v) is 22.1. The molecule has 1 saturated carbocycles. The van der Waals surface area contributed by atoms with Gasteiger partial charge in [-0.25, -0.2) is 18.7 Å². The topological polar surface area (TPSA) is 115 Å². The molecule has 10 heteroatoms. The molecule has 0 radical (unpaired) electrons. The van der Waals surface area contributed by atoms with Crippen LogP contribution in [-0.4, -0.2) is 56.8 Å². The van der Waals surface area contributed by atoms with Gasteiger partial charge in [-0.1, -0.05) is 6.07 Å². The number of esters is 1. The van der Waals surface area contributed by atoms with Gasteiger partial charge in [0.1, 0.15) is 11.4 Å². The summed E-state index contributed by atoms with van der Waals surface area (Å²) in [5, 5.41) is 13.9. The van der Waals surface area contributed by atoms with Gasteiger partial charge in [0.15, 0.2) is 5.78 Å². The Morgan fingerprint density at radius 2 is 2.03 bits per heavy atom. The molecule has 1 aromatic carbocycles. The number of likely N-dealkylation sites (tertiary alicyclic amines) is 1. The Labute approximate surface area is 221 Å². The van der Waals surface area contributed by atoms with Crippen molar-refractivity contribution in [2.75, 3.05) is 6.61 Å². The number of carbonyl (C=O) groups is 3. The summed E-state index contributed by atoms with van der Waals surface area (Å²) in [7, 11) is 0. The van der Waals surface area contributed by atoms with E-state index in [0.29, 0.717) is 11.3 Å². The first-order valence-corrected chi connectivity index (χ1v) is 12.9. The van der Waals surface area contributed by atoms with Crippen LogP contribution in [0.15, 0.2) is 30.6 Å². The SMILES string of the molecule is CCOC(=O)c1cnn(-c2ccc(C[C@@H](C#N)CC(=O)[C@@H]3[C@H]4CC[C@H](C4)N3C(=O)OC(C)(C)C)c(F)c2)c1. The molecule has 2 heterocycles. The van der Waals surface area contributed by atoms with Gasteiger partial charge in [-0.3, -0.25) is 9.69 Å². The molecule has 2 aliphatic rings. The van der Waals surface area contributed by atoms with Crippen molar-refractivity contribution in [1.29, 1.82) is 5.26 Å². The van der Waals surface area contributed by atoms with Crippen LogP contribution < -0.4 is 0 Å². The van der Waals surface area contributed by atoms with Gasteiger partial charge in [-0.05, 0) is 77.0 Å². The molecule has 4 atom stereocenters. The summed E-state index contributed by atoms with van der Waals surface area (Å²) in [4.78, 5) is 39.7. The van der Waals surface area contributed by atoms with Crippen molar-refractivity contribution in [3.63, 3.8) is 0 Å². The van der Waals surface area contributed by atoms with Gasteiger partial charge in [0.25, 0.3) is 0 Å². The number of hydrogen-bond acceptors (Lipinski definition) is 7. The lowest BCUT2D eigenvalue weighted by atomic mass is 9.88. The van der Waals surface area contributed by atoms with E-state index < -0.39 is 35.4 Å². The van der Waals surface area contributed by atoms with Crippen LogP contribution >= 0.6 is 0 Å². The number of ketones is 1. The van der Waals surface area contributed by atoms with Gasteiger partial charge in [0.05, 0.1) is 42.1 Å². The smallest absolute Gasteiger partial charge is 0.411 e. The third kappa shape index (κ3) is 5.87. The van der Waals surface area contributed by atoms with E-state index in [4.69, 9.17) is 9.47 Å². The van der Waals surface area contributed by atoms with Crippen LogP contribution in [0.5, 0.6) is 0 Å². The van der Waals surface area contributed by atoms with Gasteiger partial charge < -0.3 is 9.47 Å². The van der Waals surface area contributed by atoms with Crippen LogP contribution in [0.2, 0.25) is 0 Å². The maximum absolute atomic E-state index is 15.0. The van der Waals surface area contributed by atoms with Crippen LogP contribution in [0.4, 0.5) is 9.18 Å². The first-order valence-electron chi connectivity index (χ1n) is 12.9. The predicted octanol–water partition coefficient (Wildman–Crippen LogP) is 4.62. The third-order valence-electron chi connectivity index (χ3n) is 7.01. The van der Waals surface area contributed by atoms with Crippen molar-refractivity contribution in [2.45, 2.75) is 77.5 Å². The van der Waals surface area contributed by atoms with Gasteiger partial charge in [-0.2, -0.15) is 10.4 Å². The highest BCUT2D eigenvalue weighted by atomic mass is 19.1. The van der Waals surface area contributed by atoms with Crippen LogP contribution in [0.25, 0.3) is 5.69 Å². The minimum atomic E-state index is -0.748. The number of hydrogen-bond donors (Lipinski definition) is 0. The zero-order valence-electron chi connectivity index (χ0n) is 22.1. The Balaban J connectivity index is 1.44. The van der Waals surface area contributed by atoms with E-state index in [1.807, 2.05) is 0 Å². The highest BCUT2D eigenvalue weighted by Gasteiger charge is 2.52. The molecule has 2 aromatic rings. The minimum Gasteiger partial charge on any atom is -0.462 e. The van der Waals surface area contributed by atoms with E-state index in [-0.39, 0.29) is 42.8 Å². The Morgan fingerprint density at radius 3 is 2.68 bits per heavy atom. The molecule has 38 heavy (non-hydrogen) atoms. The van der Waals surface area contributed by atoms with E-state index in [1.54, 1.807) is 44.7 Å². The van der Waals surface area contributed by atoms with Crippen molar-refractivity contribution in [3.05, 3.63) is 47.5 Å². The van der Waals surface area contributed by atoms with Gasteiger partial charge >= 0.3 is 12.1 Å². The second-order valence-corrected chi connectivity index (χ2v) is 10.9. The Hall–Kier alpha value is -3.74. The molecule has 4 rings (SSSR count). The second kappa shape index (κ2) is 10.9. The number of nitrogens with zero attached hydrogens (tertiary/aromatic N) is 4. The number of nitriles is 1. The van der Waals surface area contributed by atoms with Crippen LogP contribution in [0.3, 0.4) is 0 Å². The number of piperidine rings is 1. The average molecular weight is 525 g/mol. The molecule has 0 spiro atoms. The van der Waals surface area contributed by atoms with Crippen LogP contribution in [-0.2, 0) is 20.7 Å². The average Bonchev–Trinajstić information content (AvgIpc) is 3.60. The second-order valence-electron chi connectivity index (χ2n) is 10.9. The summed E-state index contributed by atoms with van der Waals surface area (Å²) in [6, 6.07) is 5.96. The maximum atomic E-state index is 15.0. The molecule has 1 saturated heterocycles. The molecule has 1 amide bonds. The highest BCUT2D eigenvalue weighted by molar-refractivity contribution is 5.89. The molecule has 2 bridgehead atoms. The number of fused-ring (bicyclic) bond motifs is 2. The predicted molar refractivity (Wildman–Crippen MR) is 135 cm³/mol. The first-order chi connectivity index (χ1) is 18.0. The van der Waals surface area contributed by atoms with E-state index in [0.717, 1.165) is 19.3 Å². The lowest BCUT2D eigenvalue weighted by molar-refractivity contribution is -0.126. The molecular weight excluding hydrogens is 491 g/mol. The van der Waals surface area contributed by atoms with Crippen LogP contribution in [0, 0.1) is 29.0 Å². The number of Topliss-reactive ketones (excluding diaryl/α,β-unsaturated/α-hetero) is 1. The zero-order chi connectivity index (χ0) is 27.6. The third-order valence-corrected chi connectivity index (χ3v) is 7.01. The monoisotopic (exact) mass is 524 g/mol. The number of rotatable bonds is 8. The molecule has 2 fully saturated rings. The summed E-state index contributed by atoms with van der Waals surface area (Å²) in [6.45, 7) is 7.29. The van der Waals surface area contributed by atoms with Crippen molar-refractivity contribution in [1.82, 2.24) is 14.7 Å². The lowest BCUT2D eigenvalue weighted by Gasteiger charge is -2.35. The fourth-order valence-electron chi connectivity index (χ4n) is 5.40. The number of aromatic nitrogens is 2. The summed E-state index contributed by atoms with van der Waals surface area (Å²) >= 11 is 0. The molecule has 1 aromatic heterocycles. The largest absolute Gasteiger partial charge is 0.462 e. The summed E-state index contributed by atoms with van der Waals surface area (Å²) in [5.74, 6) is -1.93. The molecule has 0 N–H and O–H groups in total. The fraction of sp³-hybridized carbons (Fsp3) is 0.536. The highest BCUT2D eigenvalue weighted by Crippen LogP contribution is 2.44. The molecule has 9 nitrogen and oxygen atoms in total. The number of benzene rings is 1. The number of halogens is 1. The maximum Gasteiger partial charge on any atom is 0.411 e. The Kier molecular flexibility index (Phi) is 7.86. The summed E-state index contributed by atoms with van der Waals surface area (Å²) in [5.41, 5.74) is 0.270. The lowest BCUT2D eigenvalue weighted by Crippen LogP contribution is -2.51.